The van der Waals surface area contributed by atoms with Crippen LogP contribution < -0.4 is 4.74 Å². The first kappa shape index (κ1) is 14.4. The number of hydrogen-bond donors (Lipinski definition) is 1. The Balaban J connectivity index is 2.17. The van der Waals surface area contributed by atoms with Crippen LogP contribution in [0.25, 0.3) is 6.08 Å². The molecule has 2 aromatic rings. The third-order valence-corrected chi connectivity index (χ3v) is 2.83. The molecule has 1 N–H and O–H groups in total. The van der Waals surface area contributed by atoms with Crippen molar-refractivity contribution >= 4 is 12.0 Å². The van der Waals surface area contributed by atoms with E-state index in [1.54, 1.807) is 36.4 Å². The molecule has 0 spiro atoms. The minimum atomic E-state index is -0.981. The van der Waals surface area contributed by atoms with Gasteiger partial charge in [0.25, 0.3) is 0 Å². The van der Waals surface area contributed by atoms with E-state index in [-0.39, 0.29) is 0 Å². The predicted octanol–water partition coefficient (Wildman–Crippen LogP) is 3.76. The number of rotatable bonds is 4. The average molecular weight is 279 g/mol. The van der Waals surface area contributed by atoms with Crippen molar-refractivity contribution in [3.05, 3.63) is 65.2 Å². The Kier molecular flexibility index (Phi) is 4.37. The van der Waals surface area contributed by atoms with Crippen LogP contribution in [0.3, 0.4) is 0 Å². The van der Waals surface area contributed by atoms with Crippen molar-refractivity contribution in [2.75, 3.05) is 0 Å². The van der Waals surface area contributed by atoms with E-state index in [4.69, 9.17) is 15.1 Å². The van der Waals surface area contributed by atoms with Crippen molar-refractivity contribution in [3.63, 3.8) is 0 Å². The van der Waals surface area contributed by atoms with Crippen LogP contribution in [0.2, 0.25) is 0 Å². The molecule has 0 bridgehead atoms. The standard InChI is InChI=1S/C17H13NO3/c1-12-10-13(5-9-17(19)20)4-8-16(12)21-15-6-2-14(11-18)3-7-15/h2-10H,1H3,(H,19,20). The number of carbonyl (C=O) groups is 1. The Morgan fingerprint density at radius 1 is 1.24 bits per heavy atom. The molecule has 0 aliphatic carbocycles. The first-order valence-electron chi connectivity index (χ1n) is 6.28. The number of carboxylic acids is 1. The summed E-state index contributed by atoms with van der Waals surface area (Å²) < 4.78 is 5.74. The summed E-state index contributed by atoms with van der Waals surface area (Å²) >= 11 is 0. The number of hydrogen-bond acceptors (Lipinski definition) is 3. The summed E-state index contributed by atoms with van der Waals surface area (Å²) in [7, 11) is 0. The van der Waals surface area contributed by atoms with Gasteiger partial charge in [-0.15, -0.1) is 0 Å². The summed E-state index contributed by atoms with van der Waals surface area (Å²) in [6, 6.07) is 14.3. The number of nitrogens with zero attached hydrogens (tertiary/aromatic N) is 1. The zero-order chi connectivity index (χ0) is 15.2. The summed E-state index contributed by atoms with van der Waals surface area (Å²) in [5.41, 5.74) is 2.27. The third-order valence-electron chi connectivity index (χ3n) is 2.83. The zero-order valence-electron chi connectivity index (χ0n) is 11.4. The molecule has 0 unspecified atom stereocenters. The number of aryl methyl sites for hydroxylation is 1. The van der Waals surface area contributed by atoms with Crippen LogP contribution in [0.1, 0.15) is 16.7 Å². The molecule has 0 radical (unpaired) electrons. The second-order valence-electron chi connectivity index (χ2n) is 4.43. The highest BCUT2D eigenvalue weighted by Crippen LogP contribution is 2.26. The van der Waals surface area contributed by atoms with E-state index in [0.29, 0.717) is 17.1 Å². The minimum Gasteiger partial charge on any atom is -0.478 e. The number of carboxylic acid groups (broad SMARTS) is 1. The molecular formula is C17H13NO3. The van der Waals surface area contributed by atoms with Gasteiger partial charge in [-0.3, -0.25) is 0 Å². The highest BCUT2D eigenvalue weighted by Gasteiger charge is 2.02. The van der Waals surface area contributed by atoms with Gasteiger partial charge in [0.2, 0.25) is 0 Å². The van der Waals surface area contributed by atoms with E-state index < -0.39 is 5.97 Å². The van der Waals surface area contributed by atoms with Crippen molar-refractivity contribution < 1.29 is 14.6 Å². The molecule has 2 aromatic carbocycles. The monoisotopic (exact) mass is 279 g/mol. The molecule has 21 heavy (non-hydrogen) atoms. The highest BCUT2D eigenvalue weighted by molar-refractivity contribution is 5.85. The van der Waals surface area contributed by atoms with Gasteiger partial charge in [0.05, 0.1) is 11.6 Å². The van der Waals surface area contributed by atoms with Gasteiger partial charge in [-0.1, -0.05) is 6.07 Å². The molecule has 4 nitrogen and oxygen atoms in total. The zero-order valence-corrected chi connectivity index (χ0v) is 11.4. The topological polar surface area (TPSA) is 70.3 Å². The summed E-state index contributed by atoms with van der Waals surface area (Å²) in [5, 5.41) is 17.3. The lowest BCUT2D eigenvalue weighted by Crippen LogP contribution is -1.89. The fourth-order valence-electron chi connectivity index (χ4n) is 1.78. The Morgan fingerprint density at radius 2 is 1.95 bits per heavy atom. The molecule has 0 aromatic heterocycles. The molecule has 2 rings (SSSR count). The molecule has 0 atom stereocenters. The van der Waals surface area contributed by atoms with Crippen molar-refractivity contribution in [3.8, 4) is 17.6 Å². The largest absolute Gasteiger partial charge is 0.478 e. The number of aliphatic carboxylic acids is 1. The lowest BCUT2D eigenvalue weighted by atomic mass is 10.1. The second-order valence-corrected chi connectivity index (χ2v) is 4.43. The molecule has 104 valence electrons. The van der Waals surface area contributed by atoms with Crippen LogP contribution in [-0.4, -0.2) is 11.1 Å². The van der Waals surface area contributed by atoms with Crippen LogP contribution in [0.5, 0.6) is 11.5 Å². The third kappa shape index (κ3) is 3.95. The lowest BCUT2D eigenvalue weighted by molar-refractivity contribution is -0.131. The van der Waals surface area contributed by atoms with Gasteiger partial charge in [0.15, 0.2) is 0 Å². The molecule has 4 heteroatoms. The van der Waals surface area contributed by atoms with Gasteiger partial charge in [0.1, 0.15) is 11.5 Å². The number of benzene rings is 2. The van der Waals surface area contributed by atoms with Gasteiger partial charge in [-0.05, 0) is 60.5 Å². The molecule has 0 saturated carbocycles. The maximum atomic E-state index is 10.5. The van der Waals surface area contributed by atoms with E-state index in [2.05, 4.69) is 0 Å². The van der Waals surface area contributed by atoms with Crippen LogP contribution in [0.15, 0.2) is 48.5 Å². The smallest absolute Gasteiger partial charge is 0.328 e. The number of ether oxygens (including phenoxy) is 1. The molecule has 0 aliphatic rings. The fourth-order valence-corrected chi connectivity index (χ4v) is 1.78. The quantitative estimate of drug-likeness (QED) is 0.865. The molecular weight excluding hydrogens is 266 g/mol. The molecule has 0 aliphatic heterocycles. The van der Waals surface area contributed by atoms with E-state index in [1.165, 1.54) is 6.08 Å². The molecule has 0 heterocycles. The summed E-state index contributed by atoms with van der Waals surface area (Å²) in [6.07, 6.45) is 2.62. The van der Waals surface area contributed by atoms with Gasteiger partial charge in [0, 0.05) is 6.08 Å². The Bertz CT molecular complexity index is 725. The molecule has 0 amide bonds. The molecule has 0 saturated heterocycles. The second kappa shape index (κ2) is 6.40. The van der Waals surface area contributed by atoms with Crippen LogP contribution >= 0.6 is 0 Å². The van der Waals surface area contributed by atoms with E-state index in [9.17, 15) is 4.79 Å². The number of nitriles is 1. The van der Waals surface area contributed by atoms with Gasteiger partial charge < -0.3 is 9.84 Å². The maximum absolute atomic E-state index is 10.5. The van der Waals surface area contributed by atoms with Crippen molar-refractivity contribution in [2.24, 2.45) is 0 Å². The average Bonchev–Trinajstić information content (AvgIpc) is 2.48. The first-order chi connectivity index (χ1) is 10.1. The van der Waals surface area contributed by atoms with Crippen LogP contribution in [0, 0.1) is 18.3 Å². The van der Waals surface area contributed by atoms with Crippen molar-refractivity contribution in [1.82, 2.24) is 0 Å². The summed E-state index contributed by atoms with van der Waals surface area (Å²) in [4.78, 5) is 10.5. The maximum Gasteiger partial charge on any atom is 0.328 e. The highest BCUT2D eigenvalue weighted by atomic mass is 16.5. The Labute approximate surface area is 122 Å². The molecule has 0 fully saturated rings. The lowest BCUT2D eigenvalue weighted by Gasteiger charge is -2.09. The van der Waals surface area contributed by atoms with Gasteiger partial charge in [-0.2, -0.15) is 5.26 Å². The van der Waals surface area contributed by atoms with E-state index in [1.807, 2.05) is 19.1 Å². The van der Waals surface area contributed by atoms with Gasteiger partial charge >= 0.3 is 5.97 Å². The van der Waals surface area contributed by atoms with E-state index in [0.717, 1.165) is 17.2 Å². The normalized spacial score (nSPS) is 10.3. The Morgan fingerprint density at radius 3 is 2.52 bits per heavy atom. The first-order valence-corrected chi connectivity index (χ1v) is 6.28. The fraction of sp³-hybridized carbons (Fsp3) is 0.0588. The Hall–Kier alpha value is -3.06. The van der Waals surface area contributed by atoms with Gasteiger partial charge in [-0.25, -0.2) is 4.79 Å². The minimum absolute atomic E-state index is 0.577. The SMILES string of the molecule is Cc1cc(C=CC(=O)O)ccc1Oc1ccc(C#N)cc1. The summed E-state index contributed by atoms with van der Waals surface area (Å²) in [6.45, 7) is 1.89. The summed E-state index contributed by atoms with van der Waals surface area (Å²) in [5.74, 6) is 0.351. The van der Waals surface area contributed by atoms with Crippen LogP contribution in [-0.2, 0) is 4.79 Å². The van der Waals surface area contributed by atoms with Crippen LogP contribution in [0.4, 0.5) is 0 Å². The van der Waals surface area contributed by atoms with E-state index >= 15 is 0 Å². The van der Waals surface area contributed by atoms with Crippen molar-refractivity contribution in [2.45, 2.75) is 6.92 Å². The van der Waals surface area contributed by atoms with Crippen molar-refractivity contribution in [1.29, 1.82) is 5.26 Å². The predicted molar refractivity (Wildman–Crippen MR) is 79.1 cm³/mol.